The molecular formula is C41H46N2O12S2. The molecule has 0 aromatic heterocycles. The van der Waals surface area contributed by atoms with Gasteiger partial charge in [0, 0.05) is 12.2 Å². The molecule has 304 valence electrons. The Morgan fingerprint density at radius 3 is 1.44 bits per heavy atom. The van der Waals surface area contributed by atoms with Gasteiger partial charge in [-0.1, -0.05) is 36.7 Å². The summed E-state index contributed by atoms with van der Waals surface area (Å²) >= 11 is 2.19. The van der Waals surface area contributed by atoms with Crippen molar-refractivity contribution >= 4 is 59.3 Å². The summed E-state index contributed by atoms with van der Waals surface area (Å²) in [6.45, 7) is 9.21. The maximum Gasteiger partial charge on any atom is 0.330 e. The van der Waals surface area contributed by atoms with Gasteiger partial charge in [0.05, 0.1) is 64.1 Å². The second-order valence-corrected chi connectivity index (χ2v) is 16.0. The molecule has 2 saturated carbocycles. The number of nitrogens with zero attached hydrogens (tertiary/aromatic N) is 2. The first-order valence-corrected chi connectivity index (χ1v) is 20.6. The molecule has 0 unspecified atom stereocenters. The summed E-state index contributed by atoms with van der Waals surface area (Å²) in [6, 6.07) is 5.39. The zero-order valence-corrected chi connectivity index (χ0v) is 33.5. The number of thioether (sulfide) groups is 2. The predicted octanol–water partition coefficient (Wildman–Crippen LogP) is 6.98. The zero-order chi connectivity index (χ0) is 41.3. The van der Waals surface area contributed by atoms with E-state index in [2.05, 4.69) is 13.2 Å². The Balaban J connectivity index is 1.32. The van der Waals surface area contributed by atoms with E-state index in [0.29, 0.717) is 96.6 Å². The van der Waals surface area contributed by atoms with Crippen molar-refractivity contribution in [2.75, 3.05) is 26.4 Å². The van der Waals surface area contributed by atoms with Gasteiger partial charge in [0.1, 0.15) is 29.2 Å². The van der Waals surface area contributed by atoms with Crippen molar-refractivity contribution < 1.29 is 57.2 Å². The molecular weight excluding hydrogens is 777 g/mol. The van der Waals surface area contributed by atoms with Gasteiger partial charge in [-0.05, 0) is 95.6 Å². The molecule has 16 heteroatoms. The number of nitriles is 2. The fraction of sp³-hybridized carbons (Fsp3) is 0.512. The summed E-state index contributed by atoms with van der Waals surface area (Å²) < 4.78 is 32.9. The highest BCUT2D eigenvalue weighted by molar-refractivity contribution is 8.24. The van der Waals surface area contributed by atoms with Crippen LogP contribution in [0.25, 0.3) is 0 Å². The summed E-state index contributed by atoms with van der Waals surface area (Å²) in [5.74, 6) is -3.77. The molecule has 1 aliphatic heterocycles. The number of unbranched alkanes of at least 4 members (excludes halogenated alkanes) is 2. The van der Waals surface area contributed by atoms with Crippen molar-refractivity contribution in [3.63, 3.8) is 0 Å². The molecule has 1 aromatic rings. The van der Waals surface area contributed by atoms with Crippen LogP contribution in [0.5, 0.6) is 11.5 Å². The SMILES string of the molecule is C=CC(=O)OCCCCOC(=O)C1CCC(C(=O)Oc2cc(C)c(OC(=O)C3CCC(C(=O)OCCCCOC(=O)C=C)CC3)c3c2SC(=C(C#N)C#N)S3)CC1. The third-order valence-corrected chi connectivity index (χ3v) is 12.4. The Kier molecular flexibility index (Phi) is 17.7. The molecule has 0 amide bonds. The molecule has 0 spiro atoms. The Labute approximate surface area is 340 Å². The van der Waals surface area contributed by atoms with E-state index in [1.165, 1.54) is 0 Å². The highest BCUT2D eigenvalue weighted by Gasteiger charge is 2.37. The van der Waals surface area contributed by atoms with Crippen LogP contribution in [0, 0.1) is 53.3 Å². The number of allylic oxidation sites excluding steroid dienone is 1. The van der Waals surface area contributed by atoms with Gasteiger partial charge in [-0.2, -0.15) is 10.5 Å². The second-order valence-electron chi connectivity index (χ2n) is 13.7. The summed E-state index contributed by atoms with van der Waals surface area (Å²) in [4.78, 5) is 75.3. The fourth-order valence-corrected chi connectivity index (χ4v) is 9.05. The van der Waals surface area contributed by atoms with E-state index < -0.39 is 35.7 Å². The van der Waals surface area contributed by atoms with Crippen molar-refractivity contribution in [2.45, 2.75) is 93.8 Å². The van der Waals surface area contributed by atoms with Crippen LogP contribution in [0.3, 0.4) is 0 Å². The molecule has 2 aliphatic carbocycles. The lowest BCUT2D eigenvalue weighted by Crippen LogP contribution is -2.30. The minimum absolute atomic E-state index is 0.129. The first kappa shape index (κ1) is 44.7. The number of ether oxygens (including phenoxy) is 6. The number of hydrogen-bond acceptors (Lipinski definition) is 16. The first-order chi connectivity index (χ1) is 27.5. The van der Waals surface area contributed by atoms with Gasteiger partial charge in [0.2, 0.25) is 0 Å². The lowest BCUT2D eigenvalue weighted by atomic mass is 9.82. The van der Waals surface area contributed by atoms with Crippen molar-refractivity contribution in [1.82, 2.24) is 0 Å². The van der Waals surface area contributed by atoms with E-state index in [1.807, 2.05) is 12.1 Å². The minimum atomic E-state index is -0.503. The summed E-state index contributed by atoms with van der Waals surface area (Å²) in [6.07, 6.45) is 7.82. The van der Waals surface area contributed by atoms with Gasteiger partial charge in [-0.3, -0.25) is 19.2 Å². The Hall–Kier alpha value is -5.06. The molecule has 14 nitrogen and oxygen atoms in total. The number of aryl methyl sites for hydroxylation is 1. The molecule has 1 heterocycles. The molecule has 0 atom stereocenters. The zero-order valence-electron chi connectivity index (χ0n) is 31.9. The highest BCUT2D eigenvalue weighted by Crippen LogP contribution is 2.60. The smallest absolute Gasteiger partial charge is 0.330 e. The molecule has 3 aliphatic rings. The Morgan fingerprint density at radius 2 is 1.02 bits per heavy atom. The van der Waals surface area contributed by atoms with Gasteiger partial charge in [-0.15, -0.1) is 0 Å². The van der Waals surface area contributed by atoms with Crippen LogP contribution in [0.2, 0.25) is 0 Å². The second kappa shape index (κ2) is 22.6. The van der Waals surface area contributed by atoms with Crippen LogP contribution in [-0.4, -0.2) is 62.2 Å². The van der Waals surface area contributed by atoms with E-state index in [9.17, 15) is 39.3 Å². The Morgan fingerprint density at radius 1 is 0.632 bits per heavy atom. The minimum Gasteiger partial charge on any atom is -0.465 e. The van der Waals surface area contributed by atoms with Crippen LogP contribution in [0.15, 0.2) is 51.0 Å². The van der Waals surface area contributed by atoms with E-state index in [4.69, 9.17) is 28.4 Å². The van der Waals surface area contributed by atoms with Gasteiger partial charge in [-0.25, -0.2) is 9.59 Å². The molecule has 0 saturated heterocycles. The third-order valence-electron chi connectivity index (χ3n) is 9.75. The van der Waals surface area contributed by atoms with Crippen LogP contribution in [-0.2, 0) is 47.7 Å². The normalized spacial score (nSPS) is 19.7. The topological polar surface area (TPSA) is 205 Å². The van der Waals surface area contributed by atoms with Crippen molar-refractivity contribution in [3.05, 3.63) is 46.8 Å². The monoisotopic (exact) mass is 822 g/mol. The largest absolute Gasteiger partial charge is 0.465 e. The lowest BCUT2D eigenvalue weighted by Gasteiger charge is -2.27. The standard InChI is InChI=1S/C41H46N2O12S2/c1-4-32(44)50-18-6-8-20-52-37(46)26-10-14-28(15-11-26)39(48)54-31-22-25(3)34(36-35(31)56-41(57-36)30(23-42)24-43)55-40(49)29-16-12-27(13-17-29)38(47)53-21-9-7-19-51-33(45)5-2/h4-5,22,26-29H,1-2,6-21H2,3H3. The lowest BCUT2D eigenvalue weighted by molar-refractivity contribution is -0.152. The summed E-state index contributed by atoms with van der Waals surface area (Å²) in [5.41, 5.74) is 0.382. The predicted molar refractivity (Wildman–Crippen MR) is 206 cm³/mol. The third kappa shape index (κ3) is 13.0. The number of carbonyl (C=O) groups is 6. The van der Waals surface area contributed by atoms with Crippen molar-refractivity contribution in [1.29, 1.82) is 10.5 Å². The quantitative estimate of drug-likeness (QED) is 0.0366. The molecule has 4 rings (SSSR count). The van der Waals surface area contributed by atoms with Crippen molar-refractivity contribution in [3.8, 4) is 23.6 Å². The van der Waals surface area contributed by atoms with Gasteiger partial charge in [0.25, 0.3) is 0 Å². The van der Waals surface area contributed by atoms with Gasteiger partial charge in [0.15, 0.2) is 0 Å². The van der Waals surface area contributed by atoms with Gasteiger partial charge < -0.3 is 28.4 Å². The molecule has 0 N–H and O–H groups in total. The van der Waals surface area contributed by atoms with Gasteiger partial charge >= 0.3 is 35.8 Å². The van der Waals surface area contributed by atoms with E-state index in [-0.39, 0.29) is 67.3 Å². The fourth-order valence-electron chi connectivity index (χ4n) is 6.50. The van der Waals surface area contributed by atoms with E-state index in [0.717, 1.165) is 35.7 Å². The number of esters is 6. The van der Waals surface area contributed by atoms with E-state index in [1.54, 1.807) is 13.0 Å². The maximum absolute atomic E-state index is 13.5. The Bertz CT molecular complexity index is 1810. The molecule has 1 aromatic carbocycles. The molecule has 2 fully saturated rings. The number of rotatable bonds is 18. The van der Waals surface area contributed by atoms with Crippen molar-refractivity contribution in [2.24, 2.45) is 23.7 Å². The number of hydrogen-bond donors (Lipinski definition) is 0. The highest BCUT2D eigenvalue weighted by atomic mass is 32.2. The van der Waals surface area contributed by atoms with Crippen LogP contribution in [0.4, 0.5) is 0 Å². The molecule has 57 heavy (non-hydrogen) atoms. The summed E-state index contributed by atoms with van der Waals surface area (Å²) in [5, 5.41) is 19.2. The van der Waals surface area contributed by atoms with E-state index >= 15 is 0 Å². The maximum atomic E-state index is 13.5. The average molecular weight is 823 g/mol. The molecule has 0 radical (unpaired) electrons. The van der Waals surface area contributed by atoms with Crippen LogP contribution < -0.4 is 9.47 Å². The first-order valence-electron chi connectivity index (χ1n) is 18.9. The number of carbonyl (C=O) groups excluding carboxylic acids is 6. The average Bonchev–Trinajstić information content (AvgIpc) is 3.67. The van der Waals surface area contributed by atoms with Crippen LogP contribution >= 0.6 is 23.5 Å². The number of benzene rings is 1. The summed E-state index contributed by atoms with van der Waals surface area (Å²) in [7, 11) is 0. The van der Waals surface area contributed by atoms with Crippen LogP contribution in [0.1, 0.15) is 82.6 Å². The number of fused-ring (bicyclic) bond motifs is 1. The molecule has 0 bridgehead atoms.